The van der Waals surface area contributed by atoms with Crippen LogP contribution in [-0.4, -0.2) is 47.3 Å². The van der Waals surface area contributed by atoms with Gasteiger partial charge in [-0.05, 0) is 68.6 Å². The number of oxazole rings is 1. The van der Waals surface area contributed by atoms with Crippen LogP contribution in [0.5, 0.6) is 5.75 Å². The Bertz CT molecular complexity index is 1280. The van der Waals surface area contributed by atoms with Crippen molar-refractivity contribution < 1.29 is 18.7 Å². The van der Waals surface area contributed by atoms with Crippen molar-refractivity contribution in [3.8, 4) is 17.4 Å². The molecule has 0 amide bonds. The number of furan rings is 1. The molecule has 5 rings (SSSR count). The summed E-state index contributed by atoms with van der Waals surface area (Å²) in [5.74, 6) is 2.82. The molecule has 178 valence electrons. The van der Waals surface area contributed by atoms with Crippen LogP contribution in [0.3, 0.4) is 0 Å². The Morgan fingerprint density at radius 1 is 1.12 bits per heavy atom. The van der Waals surface area contributed by atoms with Gasteiger partial charge in [-0.1, -0.05) is 35.3 Å². The number of halogens is 2. The van der Waals surface area contributed by atoms with Crippen molar-refractivity contribution >= 4 is 34.2 Å². The number of β-amino-alcohol motifs (C(OH)–C–C–N with tert-alkyl or cyclic N) is 1. The number of aromatic nitrogens is 1. The molecule has 1 N–H and O–H groups in total. The Kier molecular flexibility index (Phi) is 6.84. The molecule has 2 aromatic carbocycles. The van der Waals surface area contributed by atoms with Gasteiger partial charge in [0.15, 0.2) is 5.76 Å². The van der Waals surface area contributed by atoms with Crippen LogP contribution in [0.4, 0.5) is 0 Å². The molecule has 0 spiro atoms. The number of hydrogen-bond donors (Lipinski definition) is 1. The van der Waals surface area contributed by atoms with E-state index < -0.39 is 6.10 Å². The van der Waals surface area contributed by atoms with Gasteiger partial charge >= 0.3 is 0 Å². The first-order valence-corrected chi connectivity index (χ1v) is 12.2. The molecule has 0 bridgehead atoms. The first kappa shape index (κ1) is 23.2. The first-order valence-electron chi connectivity index (χ1n) is 11.4. The number of benzene rings is 2. The van der Waals surface area contributed by atoms with Gasteiger partial charge in [0.2, 0.25) is 0 Å². The molecule has 0 saturated carbocycles. The highest BCUT2D eigenvalue weighted by molar-refractivity contribution is 6.42. The lowest BCUT2D eigenvalue weighted by Gasteiger charge is -2.33. The molecule has 1 aliphatic heterocycles. The summed E-state index contributed by atoms with van der Waals surface area (Å²) in [4.78, 5) is 6.50. The second-order valence-corrected chi connectivity index (χ2v) is 9.58. The number of nitrogens with zero attached hydrogens (tertiary/aromatic N) is 2. The predicted molar refractivity (Wildman–Crippen MR) is 133 cm³/mol. The number of aliphatic hydroxyl groups is 1. The third-order valence-electron chi connectivity index (χ3n) is 6.26. The number of aryl methyl sites for hydroxylation is 1. The molecule has 34 heavy (non-hydrogen) atoms. The van der Waals surface area contributed by atoms with Crippen LogP contribution >= 0.6 is 23.2 Å². The van der Waals surface area contributed by atoms with Crippen molar-refractivity contribution in [2.75, 3.05) is 26.2 Å². The summed E-state index contributed by atoms with van der Waals surface area (Å²) in [5.41, 5.74) is 1.91. The van der Waals surface area contributed by atoms with E-state index in [1.54, 1.807) is 6.20 Å². The Balaban J connectivity index is 1.16. The van der Waals surface area contributed by atoms with E-state index in [1.165, 1.54) is 5.56 Å². The van der Waals surface area contributed by atoms with E-state index in [0.717, 1.165) is 37.1 Å². The maximum atomic E-state index is 10.6. The van der Waals surface area contributed by atoms with Gasteiger partial charge in [0.1, 0.15) is 29.8 Å². The van der Waals surface area contributed by atoms with Gasteiger partial charge in [-0.15, -0.1) is 0 Å². The van der Waals surface area contributed by atoms with Crippen LogP contribution in [0.2, 0.25) is 10.0 Å². The summed E-state index contributed by atoms with van der Waals surface area (Å²) < 4.78 is 17.4. The number of likely N-dealkylation sites (tertiary alicyclic amines) is 1. The summed E-state index contributed by atoms with van der Waals surface area (Å²) in [5, 5.41) is 12.6. The van der Waals surface area contributed by atoms with E-state index in [4.69, 9.17) is 36.8 Å². The normalized spacial score (nSPS) is 16.2. The van der Waals surface area contributed by atoms with E-state index in [0.29, 0.717) is 45.5 Å². The second-order valence-electron chi connectivity index (χ2n) is 8.77. The standard InChI is InChI=1S/C26H26Cl2N2O4/c1-16-13-29-26(33-16)25-12-20-23(3-2-4-24(20)34-25)32-15-19(31)14-30-9-7-17(8-10-30)18-5-6-21(27)22(28)11-18/h2-6,11-13,17,19,31H,7-10,14-15H2,1H3. The average Bonchev–Trinajstić information content (AvgIpc) is 3.46. The molecule has 4 aromatic rings. The third kappa shape index (κ3) is 5.10. The zero-order valence-corrected chi connectivity index (χ0v) is 20.4. The summed E-state index contributed by atoms with van der Waals surface area (Å²) in [7, 11) is 0. The van der Waals surface area contributed by atoms with Crippen molar-refractivity contribution in [2.45, 2.75) is 31.8 Å². The number of hydrogen-bond acceptors (Lipinski definition) is 6. The van der Waals surface area contributed by atoms with Crippen LogP contribution in [0.1, 0.15) is 30.1 Å². The smallest absolute Gasteiger partial charge is 0.263 e. The second kappa shape index (κ2) is 10.0. The van der Waals surface area contributed by atoms with Gasteiger partial charge in [-0.25, -0.2) is 4.98 Å². The highest BCUT2D eigenvalue weighted by Crippen LogP contribution is 2.34. The van der Waals surface area contributed by atoms with Crippen molar-refractivity contribution in [2.24, 2.45) is 0 Å². The quantitative estimate of drug-likeness (QED) is 0.320. The van der Waals surface area contributed by atoms with E-state index in [2.05, 4.69) is 16.0 Å². The van der Waals surface area contributed by atoms with Gasteiger partial charge in [0, 0.05) is 12.6 Å². The van der Waals surface area contributed by atoms with Crippen LogP contribution in [-0.2, 0) is 0 Å². The molecule has 1 aliphatic rings. The van der Waals surface area contributed by atoms with E-state index in [1.807, 2.05) is 43.3 Å². The maximum Gasteiger partial charge on any atom is 0.263 e. The number of rotatable bonds is 7. The van der Waals surface area contributed by atoms with Gasteiger partial charge < -0.3 is 23.6 Å². The summed E-state index contributed by atoms with van der Waals surface area (Å²) in [6.07, 6.45) is 3.09. The first-order chi connectivity index (χ1) is 16.5. The molecule has 1 atom stereocenters. The van der Waals surface area contributed by atoms with Crippen LogP contribution in [0, 0.1) is 6.92 Å². The minimum atomic E-state index is -0.599. The summed E-state index contributed by atoms with van der Waals surface area (Å²) in [6.45, 7) is 4.43. The Morgan fingerprint density at radius 3 is 2.68 bits per heavy atom. The van der Waals surface area contributed by atoms with Crippen molar-refractivity contribution in [1.29, 1.82) is 0 Å². The fraction of sp³-hybridized carbons (Fsp3) is 0.346. The maximum absolute atomic E-state index is 10.6. The van der Waals surface area contributed by atoms with Gasteiger partial charge in [-0.2, -0.15) is 0 Å². The molecule has 6 nitrogen and oxygen atoms in total. The van der Waals surface area contributed by atoms with Gasteiger partial charge in [-0.3, -0.25) is 0 Å². The van der Waals surface area contributed by atoms with Crippen LogP contribution in [0.15, 0.2) is 57.5 Å². The number of fused-ring (bicyclic) bond motifs is 1. The summed E-state index contributed by atoms with van der Waals surface area (Å²) >= 11 is 12.2. The molecule has 3 heterocycles. The largest absolute Gasteiger partial charge is 0.490 e. The molecule has 2 aromatic heterocycles. The Morgan fingerprint density at radius 2 is 1.94 bits per heavy atom. The van der Waals surface area contributed by atoms with Gasteiger partial charge in [0.25, 0.3) is 5.89 Å². The SMILES string of the molecule is Cc1cnc(-c2cc3c(OCC(O)CN4CCC(c5ccc(Cl)c(Cl)c5)CC4)cccc3o2)o1. The zero-order valence-electron chi connectivity index (χ0n) is 18.8. The molecular weight excluding hydrogens is 475 g/mol. The molecule has 0 radical (unpaired) electrons. The molecule has 0 aliphatic carbocycles. The monoisotopic (exact) mass is 500 g/mol. The predicted octanol–water partition coefficient (Wildman–Crippen LogP) is 6.32. The van der Waals surface area contributed by atoms with E-state index >= 15 is 0 Å². The lowest BCUT2D eigenvalue weighted by atomic mass is 9.89. The van der Waals surface area contributed by atoms with Gasteiger partial charge in [0.05, 0.1) is 21.6 Å². The fourth-order valence-corrected chi connectivity index (χ4v) is 4.79. The molecular formula is C26H26Cl2N2O4. The summed E-state index contributed by atoms with van der Waals surface area (Å²) in [6, 6.07) is 13.4. The van der Waals surface area contributed by atoms with E-state index in [9.17, 15) is 5.11 Å². The van der Waals surface area contributed by atoms with E-state index in [-0.39, 0.29) is 6.61 Å². The van der Waals surface area contributed by atoms with Crippen LogP contribution < -0.4 is 4.74 Å². The Labute approximate surface area is 208 Å². The van der Waals surface area contributed by atoms with Crippen molar-refractivity contribution in [3.05, 3.63) is 70.0 Å². The Hall–Kier alpha value is -2.51. The molecule has 1 saturated heterocycles. The fourth-order valence-electron chi connectivity index (χ4n) is 4.49. The van der Waals surface area contributed by atoms with Crippen molar-refractivity contribution in [3.63, 3.8) is 0 Å². The average molecular weight is 501 g/mol. The third-order valence-corrected chi connectivity index (χ3v) is 7.00. The highest BCUT2D eigenvalue weighted by Gasteiger charge is 2.23. The number of piperidine rings is 1. The van der Waals surface area contributed by atoms with Crippen molar-refractivity contribution in [1.82, 2.24) is 9.88 Å². The number of aliphatic hydroxyl groups excluding tert-OH is 1. The molecule has 1 fully saturated rings. The molecule has 1 unspecified atom stereocenters. The minimum absolute atomic E-state index is 0.199. The minimum Gasteiger partial charge on any atom is -0.490 e. The highest BCUT2D eigenvalue weighted by atomic mass is 35.5. The zero-order chi connectivity index (χ0) is 23.7. The van der Waals surface area contributed by atoms with Crippen LogP contribution in [0.25, 0.3) is 22.6 Å². The molecule has 8 heteroatoms. The lowest BCUT2D eigenvalue weighted by Crippen LogP contribution is -2.40. The number of ether oxygens (including phenoxy) is 1. The topological polar surface area (TPSA) is 71.9 Å². The lowest BCUT2D eigenvalue weighted by molar-refractivity contribution is 0.0599.